The topological polar surface area (TPSA) is 32.3 Å². The first kappa shape index (κ1) is 13.4. The van der Waals surface area contributed by atoms with Crippen LogP contribution in [0.2, 0.25) is 0 Å². The first-order valence-electron chi connectivity index (χ1n) is 6.22. The van der Waals surface area contributed by atoms with Crippen LogP contribution in [0.3, 0.4) is 0 Å². The number of carbonyl (C=O) groups excluding carboxylic acids is 1. The lowest BCUT2D eigenvalue weighted by Crippen LogP contribution is -2.39. The van der Waals surface area contributed by atoms with Gasteiger partial charge in [0.25, 0.3) is 0 Å². The van der Waals surface area contributed by atoms with Gasteiger partial charge in [0.15, 0.2) is 0 Å². The van der Waals surface area contributed by atoms with Crippen molar-refractivity contribution in [2.75, 3.05) is 6.54 Å². The Morgan fingerprint density at radius 2 is 2.05 bits per heavy atom. The Morgan fingerprint density at radius 3 is 2.60 bits per heavy atom. The van der Waals surface area contributed by atoms with E-state index < -0.39 is 36.2 Å². The van der Waals surface area contributed by atoms with Crippen LogP contribution in [0.15, 0.2) is 24.3 Å². The van der Waals surface area contributed by atoms with Crippen LogP contribution in [-0.2, 0) is 4.79 Å². The minimum Gasteiger partial charge on any atom is -0.312 e. The van der Waals surface area contributed by atoms with Crippen LogP contribution < -0.4 is 5.32 Å². The minimum atomic E-state index is -4.48. The van der Waals surface area contributed by atoms with E-state index >= 15 is 0 Å². The third-order valence-electron chi connectivity index (χ3n) is 3.66. The molecule has 7 heteroatoms. The molecule has 1 atom stereocenters. The predicted molar refractivity (Wildman–Crippen MR) is 62.0 cm³/mol. The summed E-state index contributed by atoms with van der Waals surface area (Å²) in [6.45, 7) is -1.33. The molecule has 1 saturated carbocycles. The Bertz CT molecular complexity index is 554. The summed E-state index contributed by atoms with van der Waals surface area (Å²) in [6.07, 6.45) is -4.37. The molecule has 2 fully saturated rings. The highest BCUT2D eigenvalue weighted by molar-refractivity contribution is 5.92. The zero-order chi connectivity index (χ0) is 14.5. The number of halogens is 4. The van der Waals surface area contributed by atoms with Gasteiger partial charge in [0.1, 0.15) is 24.1 Å². The first-order chi connectivity index (χ1) is 9.31. The van der Waals surface area contributed by atoms with Crippen molar-refractivity contribution < 1.29 is 22.4 Å². The molecule has 3 nitrogen and oxygen atoms in total. The van der Waals surface area contributed by atoms with Gasteiger partial charge >= 0.3 is 6.18 Å². The maximum atomic E-state index is 13.2. The molecule has 108 valence electrons. The number of rotatable bonds is 2. The molecule has 20 heavy (non-hydrogen) atoms. The second-order valence-electron chi connectivity index (χ2n) is 5.23. The molecule has 1 N–H and O–H groups in total. The molecule has 1 aromatic rings. The van der Waals surface area contributed by atoms with Gasteiger partial charge in [-0.25, -0.2) is 4.39 Å². The molecule has 1 heterocycles. The lowest BCUT2D eigenvalue weighted by Gasteiger charge is -2.25. The Kier molecular flexibility index (Phi) is 2.79. The van der Waals surface area contributed by atoms with Gasteiger partial charge in [-0.15, -0.1) is 0 Å². The van der Waals surface area contributed by atoms with Crippen LogP contribution in [0.1, 0.15) is 24.6 Å². The number of benzene rings is 1. The molecule has 1 aromatic carbocycles. The van der Waals surface area contributed by atoms with Crippen molar-refractivity contribution in [1.29, 1.82) is 0 Å². The van der Waals surface area contributed by atoms with Crippen molar-refractivity contribution in [2.45, 2.75) is 30.7 Å². The summed E-state index contributed by atoms with van der Waals surface area (Å²) in [5, 5.41) is 2.92. The van der Waals surface area contributed by atoms with E-state index in [1.165, 1.54) is 18.2 Å². The lowest BCUT2D eigenvalue weighted by molar-refractivity contribution is -0.162. The smallest absolute Gasteiger partial charge is 0.312 e. The average molecular weight is 288 g/mol. The number of carbonyl (C=O) groups is 1. The third kappa shape index (κ3) is 2.26. The van der Waals surface area contributed by atoms with Gasteiger partial charge in [0.05, 0.1) is 0 Å². The highest BCUT2D eigenvalue weighted by atomic mass is 19.4. The van der Waals surface area contributed by atoms with Gasteiger partial charge < -0.3 is 4.90 Å². The van der Waals surface area contributed by atoms with Crippen molar-refractivity contribution in [1.82, 2.24) is 10.2 Å². The first-order valence-corrected chi connectivity index (χ1v) is 6.22. The van der Waals surface area contributed by atoms with E-state index in [2.05, 4.69) is 5.32 Å². The van der Waals surface area contributed by atoms with Crippen molar-refractivity contribution in [2.24, 2.45) is 0 Å². The maximum Gasteiger partial charge on any atom is 0.406 e. The van der Waals surface area contributed by atoms with Crippen LogP contribution in [-0.4, -0.2) is 29.1 Å². The molecule has 1 spiro atoms. The molecule has 3 rings (SSSR count). The standard InChI is InChI=1S/C13H12F4N2O/c14-9-3-1-2-8(6-9)10-18-12(4-5-12)11(20)19(10)7-13(15,16)17/h1-3,6,10,18H,4-5,7H2. The summed E-state index contributed by atoms with van der Waals surface area (Å²) >= 11 is 0. The Hall–Kier alpha value is -1.63. The van der Waals surface area contributed by atoms with Crippen LogP contribution in [0.25, 0.3) is 0 Å². The van der Waals surface area contributed by atoms with Gasteiger partial charge in [-0.2, -0.15) is 13.2 Å². The van der Waals surface area contributed by atoms with E-state index in [-0.39, 0.29) is 0 Å². The fourth-order valence-corrected chi connectivity index (χ4v) is 2.57. The van der Waals surface area contributed by atoms with Crippen LogP contribution >= 0.6 is 0 Å². The van der Waals surface area contributed by atoms with Gasteiger partial charge in [0, 0.05) is 0 Å². The highest BCUT2D eigenvalue weighted by Gasteiger charge is 2.60. The predicted octanol–water partition coefficient (Wildman–Crippen LogP) is 2.35. The number of amides is 1. The van der Waals surface area contributed by atoms with Gasteiger partial charge in [-0.1, -0.05) is 12.1 Å². The zero-order valence-electron chi connectivity index (χ0n) is 10.4. The van der Waals surface area contributed by atoms with Gasteiger partial charge in [0.2, 0.25) is 5.91 Å². The van der Waals surface area contributed by atoms with Gasteiger partial charge in [-0.3, -0.25) is 10.1 Å². The summed E-state index contributed by atoms with van der Waals surface area (Å²) in [5.41, 5.74) is -0.547. The van der Waals surface area contributed by atoms with Crippen molar-refractivity contribution in [3.05, 3.63) is 35.6 Å². The molecule has 0 aromatic heterocycles. The number of hydrogen-bond acceptors (Lipinski definition) is 2. The highest BCUT2D eigenvalue weighted by Crippen LogP contribution is 2.46. The maximum absolute atomic E-state index is 13.2. The molecule has 2 aliphatic rings. The number of nitrogens with zero attached hydrogens (tertiary/aromatic N) is 1. The average Bonchev–Trinajstić information content (AvgIpc) is 3.07. The molecule has 1 amide bonds. The van der Waals surface area contributed by atoms with E-state index in [0.717, 1.165) is 11.0 Å². The van der Waals surface area contributed by atoms with E-state index in [4.69, 9.17) is 0 Å². The van der Waals surface area contributed by atoms with E-state index in [9.17, 15) is 22.4 Å². The van der Waals surface area contributed by atoms with Crippen molar-refractivity contribution in [3.8, 4) is 0 Å². The van der Waals surface area contributed by atoms with E-state index in [0.29, 0.717) is 18.4 Å². The quantitative estimate of drug-likeness (QED) is 0.847. The third-order valence-corrected chi connectivity index (χ3v) is 3.66. The van der Waals surface area contributed by atoms with Crippen LogP contribution in [0.5, 0.6) is 0 Å². The minimum absolute atomic E-state index is 0.325. The zero-order valence-corrected chi connectivity index (χ0v) is 10.4. The normalized spacial score (nSPS) is 24.5. The fourth-order valence-electron chi connectivity index (χ4n) is 2.57. The molecular weight excluding hydrogens is 276 g/mol. The Labute approximate surface area is 112 Å². The van der Waals surface area contributed by atoms with E-state index in [1.54, 1.807) is 0 Å². The fraction of sp³-hybridized carbons (Fsp3) is 0.462. The summed E-state index contributed by atoms with van der Waals surface area (Å²) in [4.78, 5) is 12.9. The van der Waals surface area contributed by atoms with Gasteiger partial charge in [-0.05, 0) is 30.5 Å². The number of nitrogens with one attached hydrogen (secondary N) is 1. The largest absolute Gasteiger partial charge is 0.406 e. The SMILES string of the molecule is O=C1N(CC(F)(F)F)C(c2cccc(F)c2)NC12CC2. The van der Waals surface area contributed by atoms with E-state index in [1.807, 2.05) is 0 Å². The second kappa shape index (κ2) is 4.18. The summed E-state index contributed by atoms with van der Waals surface area (Å²) in [7, 11) is 0. The lowest BCUT2D eigenvalue weighted by atomic mass is 10.1. The monoisotopic (exact) mass is 288 g/mol. The van der Waals surface area contributed by atoms with Crippen molar-refractivity contribution >= 4 is 5.91 Å². The number of alkyl halides is 3. The molecule has 0 bridgehead atoms. The second-order valence-corrected chi connectivity index (χ2v) is 5.23. The summed E-state index contributed by atoms with van der Waals surface area (Å²) in [5.74, 6) is -1.09. The molecule has 1 aliphatic carbocycles. The Balaban J connectivity index is 1.93. The molecule has 0 radical (unpaired) electrons. The summed E-state index contributed by atoms with van der Waals surface area (Å²) in [6, 6.07) is 5.29. The van der Waals surface area contributed by atoms with Crippen molar-refractivity contribution in [3.63, 3.8) is 0 Å². The molecule has 1 unspecified atom stereocenters. The molecule has 1 aliphatic heterocycles. The molecular formula is C13H12F4N2O. The Morgan fingerprint density at radius 1 is 1.35 bits per heavy atom. The van der Waals surface area contributed by atoms with Crippen LogP contribution in [0, 0.1) is 5.82 Å². The number of hydrogen-bond donors (Lipinski definition) is 1. The summed E-state index contributed by atoms with van der Waals surface area (Å²) < 4.78 is 51.1. The van der Waals surface area contributed by atoms with Crippen LogP contribution in [0.4, 0.5) is 17.6 Å². The molecule has 1 saturated heterocycles.